The highest BCUT2D eigenvalue weighted by molar-refractivity contribution is 6.32. The van der Waals surface area contributed by atoms with Crippen LogP contribution in [0.2, 0.25) is 10.2 Å². The van der Waals surface area contributed by atoms with Crippen molar-refractivity contribution in [2.45, 2.75) is 19.0 Å². The highest BCUT2D eigenvalue weighted by atomic mass is 35.5. The molecule has 1 atom stereocenters. The average Bonchev–Trinajstić information content (AvgIpc) is 3.42. The first kappa shape index (κ1) is 26.6. The van der Waals surface area contributed by atoms with Gasteiger partial charge in [-0.25, -0.2) is 9.97 Å². The van der Waals surface area contributed by atoms with Crippen LogP contribution in [0.3, 0.4) is 0 Å². The number of nitrogens with one attached hydrogen (secondary N) is 1. The summed E-state index contributed by atoms with van der Waals surface area (Å²) < 4.78 is 11.8. The lowest BCUT2D eigenvalue weighted by Gasteiger charge is -2.42. The second-order valence-electron chi connectivity index (χ2n) is 8.39. The molecule has 2 aromatic heterocycles. The number of benzene rings is 1. The number of halogens is 2. The zero-order chi connectivity index (χ0) is 26.4. The predicted molar refractivity (Wildman–Crippen MR) is 138 cm³/mol. The van der Waals surface area contributed by atoms with Crippen LogP contribution in [0.4, 0.5) is 5.82 Å². The smallest absolute Gasteiger partial charge is 0.248 e. The van der Waals surface area contributed by atoms with Crippen molar-refractivity contribution in [3.05, 3.63) is 58.7 Å². The van der Waals surface area contributed by atoms with Crippen molar-refractivity contribution < 1.29 is 19.1 Å². The van der Waals surface area contributed by atoms with Crippen LogP contribution in [0.1, 0.15) is 12.0 Å². The van der Waals surface area contributed by atoms with Crippen LogP contribution in [0.25, 0.3) is 5.95 Å². The highest BCUT2D eigenvalue weighted by Gasteiger charge is 2.32. The number of anilines is 1. The van der Waals surface area contributed by atoms with Crippen molar-refractivity contribution in [3.8, 4) is 11.7 Å². The van der Waals surface area contributed by atoms with E-state index in [1.165, 1.54) is 7.11 Å². The van der Waals surface area contributed by atoms with Gasteiger partial charge in [0.25, 0.3) is 0 Å². The Hall–Kier alpha value is -3.41. The monoisotopic (exact) mass is 547 g/mol. The molecule has 1 aromatic carbocycles. The Morgan fingerprint density at radius 2 is 2.00 bits per heavy atom. The summed E-state index contributed by atoms with van der Waals surface area (Å²) in [6.07, 6.45) is 5.04. The molecule has 1 saturated heterocycles. The molecule has 1 unspecified atom stereocenters. The molecule has 13 heteroatoms. The first-order valence-corrected chi connectivity index (χ1v) is 12.3. The van der Waals surface area contributed by atoms with E-state index in [0.717, 1.165) is 5.56 Å². The number of aromatic nitrogens is 4. The van der Waals surface area contributed by atoms with Crippen molar-refractivity contribution in [2.75, 3.05) is 45.4 Å². The van der Waals surface area contributed by atoms with Gasteiger partial charge < -0.3 is 24.6 Å². The summed E-state index contributed by atoms with van der Waals surface area (Å²) in [5, 5.41) is 3.66. The van der Waals surface area contributed by atoms with Gasteiger partial charge in [0.15, 0.2) is 0 Å². The molecule has 0 saturated carbocycles. The van der Waals surface area contributed by atoms with Crippen LogP contribution in [0, 0.1) is 0 Å². The molecule has 1 N–H and O–H groups in total. The summed E-state index contributed by atoms with van der Waals surface area (Å²) in [7, 11) is 3.02. The molecule has 3 heterocycles. The number of rotatable bonds is 9. The normalized spacial score (nSPS) is 15.5. The molecule has 11 nitrogen and oxygen atoms in total. The van der Waals surface area contributed by atoms with Gasteiger partial charge in [0.05, 0.1) is 18.2 Å². The maximum Gasteiger partial charge on any atom is 0.248 e. The third-order valence-electron chi connectivity index (χ3n) is 5.93. The van der Waals surface area contributed by atoms with Crippen molar-refractivity contribution in [2.24, 2.45) is 0 Å². The van der Waals surface area contributed by atoms with E-state index >= 15 is 0 Å². The van der Waals surface area contributed by atoms with E-state index in [9.17, 15) is 9.59 Å². The van der Waals surface area contributed by atoms with Crippen molar-refractivity contribution in [3.63, 3.8) is 0 Å². The van der Waals surface area contributed by atoms with Crippen LogP contribution in [-0.2, 0) is 20.9 Å². The number of carbonyl (C=O) groups excluding carboxylic acids is 2. The number of methoxy groups -OCH3 is 2. The van der Waals surface area contributed by atoms with Gasteiger partial charge in [-0.1, -0.05) is 29.3 Å². The minimum absolute atomic E-state index is 0.0265. The number of hydrogen-bond donors (Lipinski definition) is 1. The van der Waals surface area contributed by atoms with E-state index in [2.05, 4.69) is 20.3 Å². The van der Waals surface area contributed by atoms with Gasteiger partial charge >= 0.3 is 0 Å². The summed E-state index contributed by atoms with van der Waals surface area (Å²) in [4.78, 5) is 42.2. The number of carbonyl (C=O) groups is 2. The standard InChI is InChI=1S/C24H27Cl2N7O4/c1-36-14-23(35)31-7-8-33(21-11-20(26)29-24(30-21)32-6-5-27-15-32)17(13-31)10-22(34)28-12-16-3-4-19(37-2)18(25)9-16/h3-6,9,11,15,17H,7-8,10,12-14H2,1-2H3,(H,28,34). The summed E-state index contributed by atoms with van der Waals surface area (Å²) in [5.74, 6) is 1.16. The van der Waals surface area contributed by atoms with Crippen LogP contribution in [0.15, 0.2) is 43.0 Å². The van der Waals surface area contributed by atoms with E-state index in [4.69, 9.17) is 32.7 Å². The third-order valence-corrected chi connectivity index (χ3v) is 6.42. The van der Waals surface area contributed by atoms with Crippen molar-refractivity contribution >= 4 is 40.8 Å². The van der Waals surface area contributed by atoms with Crippen LogP contribution in [-0.4, -0.2) is 82.7 Å². The molecule has 3 aromatic rings. The predicted octanol–water partition coefficient (Wildman–Crippen LogP) is 2.35. The lowest BCUT2D eigenvalue weighted by atomic mass is 10.1. The van der Waals surface area contributed by atoms with Crippen LogP contribution >= 0.6 is 23.2 Å². The van der Waals surface area contributed by atoms with Gasteiger partial charge in [-0.15, -0.1) is 0 Å². The van der Waals surface area contributed by atoms with E-state index < -0.39 is 0 Å². The Balaban J connectivity index is 1.51. The van der Waals surface area contributed by atoms with Gasteiger partial charge in [0.1, 0.15) is 29.7 Å². The molecule has 37 heavy (non-hydrogen) atoms. The Bertz CT molecular complexity index is 1240. The van der Waals surface area contributed by atoms with Gasteiger partial charge in [-0.2, -0.15) is 4.98 Å². The quantitative estimate of drug-likeness (QED) is 0.406. The maximum atomic E-state index is 13.0. The van der Waals surface area contributed by atoms with Gasteiger partial charge in [-0.05, 0) is 17.7 Å². The number of nitrogens with zero attached hydrogens (tertiary/aromatic N) is 6. The van der Waals surface area contributed by atoms with Crippen LogP contribution in [0.5, 0.6) is 5.75 Å². The lowest BCUT2D eigenvalue weighted by Crippen LogP contribution is -2.57. The Morgan fingerprint density at radius 1 is 1.16 bits per heavy atom. The van der Waals surface area contributed by atoms with Crippen LogP contribution < -0.4 is 15.0 Å². The van der Waals surface area contributed by atoms with E-state index in [0.29, 0.717) is 48.7 Å². The summed E-state index contributed by atoms with van der Waals surface area (Å²) >= 11 is 12.5. The number of amides is 2. The molecular weight excluding hydrogens is 521 g/mol. The van der Waals surface area contributed by atoms with Gasteiger partial charge in [0.2, 0.25) is 17.8 Å². The molecule has 1 fully saturated rings. The molecule has 2 amide bonds. The zero-order valence-corrected chi connectivity index (χ0v) is 21.9. The topological polar surface area (TPSA) is 115 Å². The molecule has 1 aliphatic rings. The number of piperazine rings is 1. The van der Waals surface area contributed by atoms with Crippen molar-refractivity contribution in [1.29, 1.82) is 0 Å². The molecule has 0 spiro atoms. The highest BCUT2D eigenvalue weighted by Crippen LogP contribution is 2.26. The molecule has 196 valence electrons. The largest absolute Gasteiger partial charge is 0.495 e. The number of ether oxygens (including phenoxy) is 2. The molecule has 4 rings (SSSR count). The number of hydrogen-bond acceptors (Lipinski definition) is 8. The van der Waals surface area contributed by atoms with Gasteiger partial charge in [0, 0.05) is 58.2 Å². The maximum absolute atomic E-state index is 13.0. The second-order valence-corrected chi connectivity index (χ2v) is 9.18. The summed E-state index contributed by atoms with van der Waals surface area (Å²) in [6.45, 7) is 1.50. The van der Waals surface area contributed by atoms with E-state index in [-0.39, 0.29) is 36.0 Å². The molecular formula is C24H27Cl2N7O4. The Labute approximate surface area is 224 Å². The second kappa shape index (κ2) is 12.2. The minimum Gasteiger partial charge on any atom is -0.495 e. The number of imidazole rings is 1. The van der Waals surface area contributed by atoms with E-state index in [1.54, 1.807) is 53.5 Å². The van der Waals surface area contributed by atoms with E-state index in [1.807, 2.05) is 11.0 Å². The average molecular weight is 548 g/mol. The first-order valence-electron chi connectivity index (χ1n) is 11.5. The summed E-state index contributed by atoms with van der Waals surface area (Å²) in [5.41, 5.74) is 0.837. The fourth-order valence-corrected chi connectivity index (χ4v) is 4.57. The lowest BCUT2D eigenvalue weighted by molar-refractivity contribution is -0.136. The molecule has 1 aliphatic heterocycles. The fraction of sp³-hybridized carbons (Fsp3) is 0.375. The SMILES string of the molecule is COCC(=O)N1CCN(c2cc(Cl)nc(-n3ccnc3)n2)C(CC(=O)NCc2ccc(OC)c(Cl)c2)C1. The zero-order valence-electron chi connectivity index (χ0n) is 20.4. The molecule has 0 aliphatic carbocycles. The fourth-order valence-electron chi connectivity index (χ4n) is 4.11. The first-order chi connectivity index (χ1) is 17.9. The van der Waals surface area contributed by atoms with Crippen molar-refractivity contribution in [1.82, 2.24) is 29.7 Å². The van der Waals surface area contributed by atoms with Gasteiger partial charge in [-0.3, -0.25) is 14.2 Å². The molecule has 0 radical (unpaired) electrons. The summed E-state index contributed by atoms with van der Waals surface area (Å²) in [6, 6.07) is 6.64. The molecule has 0 bridgehead atoms. The Morgan fingerprint density at radius 3 is 2.70 bits per heavy atom. The third kappa shape index (κ3) is 6.68. The Kier molecular flexibility index (Phi) is 8.80. The minimum atomic E-state index is -0.351.